The van der Waals surface area contributed by atoms with E-state index in [1.165, 1.54) is 0 Å². The van der Waals surface area contributed by atoms with Crippen LogP contribution in [0.3, 0.4) is 0 Å². The van der Waals surface area contributed by atoms with Crippen LogP contribution in [0.15, 0.2) is 48.2 Å². The zero-order chi connectivity index (χ0) is 23.5. The molecule has 4 rings (SSSR count). The number of terminal acetylenes is 1. The zero-order valence-electron chi connectivity index (χ0n) is 19.2. The standard InChI is InChI=1S/C28H32O5/c1-4-18-10-12-20(13-11-18)15-22-17(2)9-14-21(27(22)32-3)28-26(31)25(30)24(29)23(33-28)16-19-7-5-6-8-19/h1,9-14,16,19,24-26,28-31H,5-8,15H2,2-3H3/b23-16-/t24-,25+,26-,28+/m1/s1. The van der Waals surface area contributed by atoms with Crippen molar-refractivity contribution in [3.8, 4) is 18.1 Å². The molecule has 2 aliphatic rings. The summed E-state index contributed by atoms with van der Waals surface area (Å²) in [6, 6.07) is 11.6. The van der Waals surface area contributed by atoms with E-state index in [1.54, 1.807) is 7.11 Å². The van der Waals surface area contributed by atoms with Crippen LogP contribution in [0.5, 0.6) is 5.75 Å². The van der Waals surface area contributed by atoms with Gasteiger partial charge < -0.3 is 24.8 Å². The van der Waals surface area contributed by atoms with E-state index in [-0.39, 0.29) is 0 Å². The lowest BCUT2D eigenvalue weighted by Gasteiger charge is -2.38. The number of hydrogen-bond donors (Lipinski definition) is 3. The Balaban J connectivity index is 1.69. The zero-order valence-corrected chi connectivity index (χ0v) is 19.2. The average Bonchev–Trinajstić information content (AvgIpc) is 3.34. The summed E-state index contributed by atoms with van der Waals surface area (Å²) >= 11 is 0. The number of aryl methyl sites for hydroxylation is 1. The summed E-state index contributed by atoms with van der Waals surface area (Å²) in [4.78, 5) is 0. The molecule has 4 atom stereocenters. The topological polar surface area (TPSA) is 79.2 Å². The van der Waals surface area contributed by atoms with Crippen molar-refractivity contribution in [1.29, 1.82) is 0 Å². The van der Waals surface area contributed by atoms with Gasteiger partial charge in [-0.15, -0.1) is 6.42 Å². The van der Waals surface area contributed by atoms with Crippen molar-refractivity contribution in [3.05, 3.63) is 76.1 Å². The van der Waals surface area contributed by atoms with Crippen LogP contribution >= 0.6 is 0 Å². The van der Waals surface area contributed by atoms with Crippen molar-refractivity contribution in [2.75, 3.05) is 7.11 Å². The van der Waals surface area contributed by atoms with Crippen molar-refractivity contribution in [3.63, 3.8) is 0 Å². The lowest BCUT2D eigenvalue weighted by molar-refractivity contribution is -0.158. The van der Waals surface area contributed by atoms with Gasteiger partial charge in [-0.25, -0.2) is 0 Å². The molecule has 0 bridgehead atoms. The molecule has 5 heteroatoms. The molecule has 5 nitrogen and oxygen atoms in total. The second-order valence-electron chi connectivity index (χ2n) is 9.08. The lowest BCUT2D eigenvalue weighted by Crippen LogP contribution is -2.48. The molecule has 0 aromatic heterocycles. The highest BCUT2D eigenvalue weighted by Crippen LogP contribution is 2.42. The Bertz CT molecular complexity index is 1040. The number of aliphatic hydroxyl groups is 3. The van der Waals surface area contributed by atoms with Crippen molar-refractivity contribution in [2.45, 2.75) is 63.4 Å². The first kappa shape index (κ1) is 23.4. The molecule has 2 fully saturated rings. The number of aliphatic hydroxyl groups excluding tert-OH is 3. The Morgan fingerprint density at radius 3 is 2.39 bits per heavy atom. The molecule has 174 valence electrons. The first-order valence-corrected chi connectivity index (χ1v) is 11.6. The number of benzene rings is 2. The molecule has 0 spiro atoms. The van der Waals surface area contributed by atoms with Crippen LogP contribution in [0.25, 0.3) is 0 Å². The van der Waals surface area contributed by atoms with Gasteiger partial charge in [0.1, 0.15) is 29.8 Å². The SMILES string of the molecule is C#Cc1ccc(Cc2c(C)ccc([C@@H]3O/C(=C\C4CCCC4)[C@@H](O)[C@H](O)[C@H]3O)c2OC)cc1. The molecule has 33 heavy (non-hydrogen) atoms. The Kier molecular flexibility index (Phi) is 7.09. The van der Waals surface area contributed by atoms with E-state index in [4.69, 9.17) is 15.9 Å². The summed E-state index contributed by atoms with van der Waals surface area (Å²) in [7, 11) is 1.60. The Labute approximate surface area is 195 Å². The molecule has 1 saturated heterocycles. The van der Waals surface area contributed by atoms with Crippen molar-refractivity contribution in [1.82, 2.24) is 0 Å². The van der Waals surface area contributed by atoms with Crippen LogP contribution in [0, 0.1) is 25.2 Å². The monoisotopic (exact) mass is 448 g/mol. The summed E-state index contributed by atoms with van der Waals surface area (Å²) in [6.45, 7) is 2.01. The van der Waals surface area contributed by atoms with Gasteiger partial charge in [-0.05, 0) is 55.0 Å². The van der Waals surface area contributed by atoms with Gasteiger partial charge in [-0.3, -0.25) is 0 Å². The maximum absolute atomic E-state index is 10.8. The largest absolute Gasteiger partial charge is 0.496 e. The molecule has 0 unspecified atom stereocenters. The summed E-state index contributed by atoms with van der Waals surface area (Å²) in [5.41, 5.74) is 4.57. The van der Waals surface area contributed by atoms with Gasteiger partial charge in [-0.2, -0.15) is 0 Å². The van der Waals surface area contributed by atoms with Crippen molar-refractivity contribution >= 4 is 0 Å². The summed E-state index contributed by atoms with van der Waals surface area (Å²) in [5, 5.41) is 32.0. The third-order valence-electron chi connectivity index (χ3n) is 6.88. The normalized spacial score (nSPS) is 26.7. The van der Waals surface area contributed by atoms with Crippen molar-refractivity contribution in [2.24, 2.45) is 5.92 Å². The molecular weight excluding hydrogens is 416 g/mol. The van der Waals surface area contributed by atoms with E-state index < -0.39 is 24.4 Å². The van der Waals surface area contributed by atoms with Gasteiger partial charge in [0.25, 0.3) is 0 Å². The van der Waals surface area contributed by atoms with E-state index in [0.29, 0.717) is 29.4 Å². The molecule has 1 aliphatic carbocycles. The molecular formula is C28H32O5. The summed E-state index contributed by atoms with van der Waals surface area (Å²) in [5.74, 6) is 3.89. The highest BCUT2D eigenvalue weighted by Gasteiger charge is 2.43. The lowest BCUT2D eigenvalue weighted by atomic mass is 9.88. The number of rotatable bonds is 5. The predicted octanol–water partition coefficient (Wildman–Crippen LogP) is 3.80. The molecule has 0 radical (unpaired) electrons. The Morgan fingerprint density at radius 2 is 1.76 bits per heavy atom. The van der Waals surface area contributed by atoms with Gasteiger partial charge in [0.2, 0.25) is 0 Å². The number of hydrogen-bond acceptors (Lipinski definition) is 5. The van der Waals surface area contributed by atoms with Gasteiger partial charge >= 0.3 is 0 Å². The smallest absolute Gasteiger partial charge is 0.155 e. The molecule has 2 aromatic rings. The second kappa shape index (κ2) is 10.0. The fraction of sp³-hybridized carbons (Fsp3) is 0.429. The Morgan fingerprint density at radius 1 is 1.06 bits per heavy atom. The van der Waals surface area contributed by atoms with E-state index >= 15 is 0 Å². The van der Waals surface area contributed by atoms with Crippen LogP contribution in [0.1, 0.15) is 59.6 Å². The van der Waals surface area contributed by atoms with Crippen LogP contribution in [0.4, 0.5) is 0 Å². The third-order valence-corrected chi connectivity index (χ3v) is 6.88. The van der Waals surface area contributed by atoms with E-state index in [2.05, 4.69) is 5.92 Å². The number of allylic oxidation sites excluding steroid dienone is 1. The summed E-state index contributed by atoms with van der Waals surface area (Å²) < 4.78 is 12.0. The molecule has 1 saturated carbocycles. The fourth-order valence-corrected chi connectivity index (χ4v) is 4.91. The predicted molar refractivity (Wildman–Crippen MR) is 127 cm³/mol. The van der Waals surface area contributed by atoms with Crippen LogP contribution < -0.4 is 4.74 Å². The minimum absolute atomic E-state index is 0.319. The maximum atomic E-state index is 10.8. The average molecular weight is 449 g/mol. The highest BCUT2D eigenvalue weighted by atomic mass is 16.5. The number of methoxy groups -OCH3 is 1. The molecule has 3 N–H and O–H groups in total. The minimum Gasteiger partial charge on any atom is -0.496 e. The van der Waals surface area contributed by atoms with Gasteiger partial charge in [0, 0.05) is 23.1 Å². The van der Waals surface area contributed by atoms with Gasteiger partial charge in [-0.1, -0.05) is 43.0 Å². The molecule has 2 aromatic carbocycles. The number of ether oxygens (including phenoxy) is 2. The second-order valence-corrected chi connectivity index (χ2v) is 9.08. The van der Waals surface area contributed by atoms with Crippen LogP contribution in [0.2, 0.25) is 0 Å². The van der Waals surface area contributed by atoms with Gasteiger partial charge in [0.05, 0.1) is 7.11 Å². The molecule has 0 amide bonds. The third kappa shape index (κ3) is 4.79. The van der Waals surface area contributed by atoms with Crippen LogP contribution in [-0.4, -0.2) is 40.7 Å². The molecule has 1 heterocycles. The summed E-state index contributed by atoms with van der Waals surface area (Å²) in [6.07, 6.45) is 7.66. The highest BCUT2D eigenvalue weighted by molar-refractivity contribution is 5.50. The van der Waals surface area contributed by atoms with Crippen molar-refractivity contribution < 1.29 is 24.8 Å². The molecule has 1 aliphatic heterocycles. The van der Waals surface area contributed by atoms with Gasteiger partial charge in [0.15, 0.2) is 6.10 Å². The minimum atomic E-state index is -1.35. The fourth-order valence-electron chi connectivity index (χ4n) is 4.91. The maximum Gasteiger partial charge on any atom is 0.155 e. The van der Waals surface area contributed by atoms with E-state index in [9.17, 15) is 15.3 Å². The van der Waals surface area contributed by atoms with E-state index in [0.717, 1.165) is 47.9 Å². The quantitative estimate of drug-likeness (QED) is 0.607. The Hall–Kier alpha value is -2.78. The first-order chi connectivity index (χ1) is 15.9. The first-order valence-electron chi connectivity index (χ1n) is 11.6. The van der Waals surface area contributed by atoms with Crippen LogP contribution in [-0.2, 0) is 11.2 Å². The van der Waals surface area contributed by atoms with E-state index in [1.807, 2.05) is 49.4 Å².